The summed E-state index contributed by atoms with van der Waals surface area (Å²) >= 11 is 6.38. The van der Waals surface area contributed by atoms with Crippen molar-refractivity contribution in [3.8, 4) is 0 Å². The highest BCUT2D eigenvalue weighted by Gasteiger charge is 2.40. The van der Waals surface area contributed by atoms with Gasteiger partial charge in [-0.1, -0.05) is 37.8 Å². The monoisotopic (exact) mass is 338 g/mol. The molecule has 22 heavy (non-hydrogen) atoms. The van der Waals surface area contributed by atoms with E-state index in [4.69, 9.17) is 12.2 Å². The van der Waals surface area contributed by atoms with Gasteiger partial charge in [-0.2, -0.15) is 0 Å². The van der Waals surface area contributed by atoms with Crippen molar-refractivity contribution in [2.75, 3.05) is 0 Å². The Kier molecular flexibility index (Phi) is 5.08. The molecular weight excluding hydrogens is 320 g/mol. The highest BCUT2D eigenvalue weighted by molar-refractivity contribution is 8.26. The van der Waals surface area contributed by atoms with Crippen LogP contribution in [0.5, 0.6) is 0 Å². The first-order valence-electron chi connectivity index (χ1n) is 6.92. The first kappa shape index (κ1) is 16.8. The molecule has 0 aliphatic carbocycles. The first-order valence-corrected chi connectivity index (χ1v) is 8.15. The quantitative estimate of drug-likeness (QED) is 0.661. The van der Waals surface area contributed by atoms with E-state index in [1.165, 1.54) is 4.90 Å². The topological polar surface area (TPSA) is 62.5 Å². The van der Waals surface area contributed by atoms with Gasteiger partial charge in [-0.15, -0.1) is 0 Å². The fraction of sp³-hybridized carbons (Fsp3) is 0.400. The van der Waals surface area contributed by atoms with E-state index in [2.05, 4.69) is 0 Å². The lowest BCUT2D eigenvalue weighted by Crippen LogP contribution is -2.44. The normalized spacial score (nSPS) is 18.5. The van der Waals surface area contributed by atoms with Crippen LogP contribution in [0.3, 0.4) is 0 Å². The largest absolute Gasteiger partial charge is 0.480 e. The number of nitrogens with zero attached hydrogens (tertiary/aromatic N) is 2. The van der Waals surface area contributed by atoms with Crippen molar-refractivity contribution in [1.82, 2.24) is 9.47 Å². The molecule has 1 aliphatic rings. The highest BCUT2D eigenvalue weighted by Crippen LogP contribution is 2.35. The van der Waals surface area contributed by atoms with Crippen molar-refractivity contribution in [2.45, 2.75) is 26.3 Å². The van der Waals surface area contributed by atoms with Gasteiger partial charge in [0.25, 0.3) is 5.91 Å². The van der Waals surface area contributed by atoms with Gasteiger partial charge in [-0.25, -0.2) is 4.79 Å². The van der Waals surface area contributed by atoms with Crippen LogP contribution < -0.4 is 0 Å². The standard InChI is InChI=1S/C15H18N2O3S2/c1-9(2)7-11(14(19)20)17-13(18)12(22-15(17)21)8-10-5-4-6-16(10)3/h4-6,8-9,11H,7H2,1-3H3,(H,19,20)/b12-8+/t11-/m1/s1. The smallest absolute Gasteiger partial charge is 0.326 e. The molecular formula is C15H18N2O3S2. The predicted octanol–water partition coefficient (Wildman–Crippen LogP) is 2.73. The molecule has 7 heteroatoms. The Morgan fingerprint density at radius 3 is 2.68 bits per heavy atom. The van der Waals surface area contributed by atoms with E-state index in [1.807, 2.05) is 43.8 Å². The van der Waals surface area contributed by atoms with Gasteiger partial charge in [0, 0.05) is 18.9 Å². The fourth-order valence-corrected chi connectivity index (χ4v) is 3.61. The molecule has 1 N–H and O–H groups in total. The van der Waals surface area contributed by atoms with Crippen LogP contribution in [-0.4, -0.2) is 36.8 Å². The van der Waals surface area contributed by atoms with Crippen LogP contribution in [0.25, 0.3) is 6.08 Å². The molecule has 5 nitrogen and oxygen atoms in total. The molecule has 2 heterocycles. The Bertz CT molecular complexity index is 649. The van der Waals surface area contributed by atoms with E-state index < -0.39 is 12.0 Å². The van der Waals surface area contributed by atoms with E-state index in [9.17, 15) is 14.7 Å². The Labute approximate surface area is 139 Å². The summed E-state index contributed by atoms with van der Waals surface area (Å²) in [7, 11) is 1.88. The van der Waals surface area contributed by atoms with Gasteiger partial charge in [0.15, 0.2) is 0 Å². The van der Waals surface area contributed by atoms with Crippen molar-refractivity contribution in [1.29, 1.82) is 0 Å². The van der Waals surface area contributed by atoms with Gasteiger partial charge >= 0.3 is 5.97 Å². The Hall–Kier alpha value is -1.60. The molecule has 1 atom stereocenters. The zero-order chi connectivity index (χ0) is 16.4. The Morgan fingerprint density at radius 1 is 1.50 bits per heavy atom. The highest BCUT2D eigenvalue weighted by atomic mass is 32.2. The van der Waals surface area contributed by atoms with Crippen LogP contribution in [0.4, 0.5) is 0 Å². The van der Waals surface area contributed by atoms with Gasteiger partial charge in [-0.3, -0.25) is 9.69 Å². The molecule has 0 aromatic carbocycles. The second-order valence-electron chi connectivity index (χ2n) is 5.58. The van der Waals surface area contributed by atoms with Crippen molar-refractivity contribution >= 4 is 46.3 Å². The van der Waals surface area contributed by atoms with Gasteiger partial charge in [-0.05, 0) is 30.5 Å². The average molecular weight is 338 g/mol. The minimum absolute atomic E-state index is 0.155. The maximum Gasteiger partial charge on any atom is 0.326 e. The number of thiocarbonyl (C=S) groups is 1. The van der Waals surface area contributed by atoms with Gasteiger partial charge in [0.2, 0.25) is 0 Å². The lowest BCUT2D eigenvalue weighted by molar-refractivity contribution is -0.145. The molecule has 0 unspecified atom stereocenters. The lowest BCUT2D eigenvalue weighted by Gasteiger charge is -2.24. The number of amides is 1. The number of carboxylic acids is 1. The molecule has 0 radical (unpaired) electrons. The molecule has 118 valence electrons. The molecule has 0 saturated carbocycles. The minimum atomic E-state index is -1.02. The average Bonchev–Trinajstić information content (AvgIpc) is 2.93. The zero-order valence-corrected chi connectivity index (χ0v) is 14.3. The third-order valence-corrected chi connectivity index (χ3v) is 4.71. The van der Waals surface area contributed by atoms with Crippen molar-refractivity contribution in [2.24, 2.45) is 13.0 Å². The summed E-state index contributed by atoms with van der Waals surface area (Å²) in [5.41, 5.74) is 0.872. The molecule has 1 aromatic rings. The number of hydrogen-bond donors (Lipinski definition) is 1. The number of aryl methyl sites for hydroxylation is 1. The summed E-state index contributed by atoms with van der Waals surface area (Å²) in [5.74, 6) is -1.20. The Balaban J connectivity index is 2.30. The number of carboxylic acid groups (broad SMARTS) is 1. The predicted molar refractivity (Wildman–Crippen MR) is 91.3 cm³/mol. The van der Waals surface area contributed by atoms with Crippen molar-refractivity contribution in [3.63, 3.8) is 0 Å². The van der Waals surface area contributed by atoms with Crippen LogP contribution in [-0.2, 0) is 16.6 Å². The number of aliphatic carboxylic acids is 1. The SMILES string of the molecule is CC(C)C[C@H](C(=O)O)N1C(=O)/C(=C\c2cccn2C)SC1=S. The summed E-state index contributed by atoms with van der Waals surface area (Å²) in [6, 6.07) is 2.85. The van der Waals surface area contributed by atoms with E-state index >= 15 is 0 Å². The van der Waals surface area contributed by atoms with E-state index in [0.717, 1.165) is 17.5 Å². The number of carbonyl (C=O) groups excluding carboxylic acids is 1. The second kappa shape index (κ2) is 6.66. The third-order valence-electron chi connectivity index (χ3n) is 3.38. The number of thioether (sulfide) groups is 1. The lowest BCUT2D eigenvalue weighted by atomic mass is 10.0. The van der Waals surface area contributed by atoms with Gasteiger partial charge < -0.3 is 9.67 Å². The summed E-state index contributed by atoms with van der Waals surface area (Å²) < 4.78 is 2.19. The number of carbonyl (C=O) groups is 2. The second-order valence-corrected chi connectivity index (χ2v) is 7.26. The number of aromatic nitrogens is 1. The molecule has 1 aromatic heterocycles. The zero-order valence-electron chi connectivity index (χ0n) is 12.6. The van der Waals surface area contributed by atoms with Gasteiger partial charge in [0.1, 0.15) is 10.4 Å². The molecule has 2 rings (SSSR count). The minimum Gasteiger partial charge on any atom is -0.480 e. The fourth-order valence-electron chi connectivity index (χ4n) is 2.27. The molecule has 1 aliphatic heterocycles. The number of hydrogen-bond acceptors (Lipinski definition) is 4. The maximum atomic E-state index is 12.6. The Morgan fingerprint density at radius 2 is 2.18 bits per heavy atom. The first-order chi connectivity index (χ1) is 10.3. The molecule has 1 fully saturated rings. The molecule has 1 saturated heterocycles. The van der Waals surface area contributed by atoms with Crippen LogP contribution >= 0.6 is 24.0 Å². The van der Waals surface area contributed by atoms with Crippen LogP contribution in [0, 0.1) is 5.92 Å². The molecule has 0 spiro atoms. The van der Waals surface area contributed by atoms with Crippen molar-refractivity contribution in [3.05, 3.63) is 28.9 Å². The van der Waals surface area contributed by atoms with E-state index in [-0.39, 0.29) is 11.8 Å². The third kappa shape index (κ3) is 3.41. The van der Waals surface area contributed by atoms with Crippen molar-refractivity contribution < 1.29 is 14.7 Å². The maximum absolute atomic E-state index is 12.6. The van der Waals surface area contributed by atoms with Gasteiger partial charge in [0.05, 0.1) is 4.91 Å². The molecule has 0 bridgehead atoms. The van der Waals surface area contributed by atoms with E-state index in [1.54, 1.807) is 6.08 Å². The summed E-state index contributed by atoms with van der Waals surface area (Å²) in [6.45, 7) is 3.85. The van der Waals surface area contributed by atoms with Crippen LogP contribution in [0.15, 0.2) is 23.2 Å². The summed E-state index contributed by atoms with van der Waals surface area (Å²) in [4.78, 5) is 25.8. The van der Waals surface area contributed by atoms with E-state index in [0.29, 0.717) is 15.6 Å². The molecule has 1 amide bonds. The summed E-state index contributed by atoms with van der Waals surface area (Å²) in [5, 5.41) is 9.42. The van der Waals surface area contributed by atoms with Crippen LogP contribution in [0.2, 0.25) is 0 Å². The summed E-state index contributed by atoms with van der Waals surface area (Å²) in [6.07, 6.45) is 4.00. The van der Waals surface area contributed by atoms with Crippen LogP contribution in [0.1, 0.15) is 26.0 Å². The number of rotatable bonds is 5.